The van der Waals surface area contributed by atoms with E-state index in [1.54, 1.807) is 18.2 Å². The molecular formula is C15H15ClN2O. The molecular weight excluding hydrogens is 260 g/mol. The number of benzene rings is 2. The summed E-state index contributed by atoms with van der Waals surface area (Å²) in [5.41, 5.74) is 8.87. The van der Waals surface area contributed by atoms with Crippen molar-refractivity contribution in [3.63, 3.8) is 0 Å². The predicted molar refractivity (Wildman–Crippen MR) is 78.2 cm³/mol. The Morgan fingerprint density at radius 1 is 1.26 bits per heavy atom. The average Bonchev–Trinajstić information content (AvgIpc) is 2.37. The zero-order valence-corrected chi connectivity index (χ0v) is 11.4. The number of rotatable bonds is 3. The molecule has 0 radical (unpaired) electrons. The molecule has 2 aromatic carbocycles. The van der Waals surface area contributed by atoms with Crippen molar-refractivity contribution in [3.05, 3.63) is 64.2 Å². The van der Waals surface area contributed by atoms with Crippen LogP contribution in [0.5, 0.6) is 0 Å². The fourth-order valence-corrected chi connectivity index (χ4v) is 2.09. The predicted octanol–water partition coefficient (Wildman–Crippen LogP) is 3.16. The molecule has 2 rings (SSSR count). The lowest BCUT2D eigenvalue weighted by Gasteiger charge is -2.09. The summed E-state index contributed by atoms with van der Waals surface area (Å²) in [6, 6.07) is 12.8. The van der Waals surface area contributed by atoms with Crippen LogP contribution in [0.3, 0.4) is 0 Å². The number of carbonyl (C=O) groups excluding carboxylic acids is 1. The molecule has 0 aliphatic rings. The van der Waals surface area contributed by atoms with Crippen molar-refractivity contribution >= 4 is 23.2 Å². The molecule has 0 heterocycles. The third-order valence-corrected chi connectivity index (χ3v) is 3.18. The van der Waals surface area contributed by atoms with Gasteiger partial charge < -0.3 is 11.1 Å². The number of para-hydroxylation sites is 1. The minimum atomic E-state index is -0.201. The van der Waals surface area contributed by atoms with Crippen molar-refractivity contribution in [2.45, 2.75) is 13.5 Å². The molecule has 0 aromatic heterocycles. The molecule has 0 saturated heterocycles. The molecule has 2 aromatic rings. The summed E-state index contributed by atoms with van der Waals surface area (Å²) >= 11 is 6.05. The van der Waals surface area contributed by atoms with Gasteiger partial charge in [-0.3, -0.25) is 4.79 Å². The van der Waals surface area contributed by atoms with Gasteiger partial charge in [-0.15, -0.1) is 0 Å². The lowest BCUT2D eigenvalue weighted by atomic mass is 10.1. The second kappa shape index (κ2) is 5.76. The maximum atomic E-state index is 12.0. The Bertz CT molecular complexity index is 611. The molecule has 0 atom stereocenters. The summed E-state index contributed by atoms with van der Waals surface area (Å²) in [5.74, 6) is -0.201. The highest BCUT2D eigenvalue weighted by Crippen LogP contribution is 2.18. The van der Waals surface area contributed by atoms with Gasteiger partial charge in [-0.1, -0.05) is 35.9 Å². The first-order chi connectivity index (χ1) is 9.08. The largest absolute Gasteiger partial charge is 0.398 e. The maximum Gasteiger partial charge on any atom is 0.253 e. The summed E-state index contributed by atoms with van der Waals surface area (Å²) in [6.45, 7) is 2.31. The van der Waals surface area contributed by atoms with Crippen LogP contribution in [0.4, 0.5) is 5.69 Å². The number of halogens is 1. The van der Waals surface area contributed by atoms with Crippen LogP contribution < -0.4 is 11.1 Å². The first kappa shape index (κ1) is 13.4. The van der Waals surface area contributed by atoms with E-state index in [-0.39, 0.29) is 5.91 Å². The minimum Gasteiger partial charge on any atom is -0.398 e. The van der Waals surface area contributed by atoms with Gasteiger partial charge >= 0.3 is 0 Å². The minimum absolute atomic E-state index is 0.201. The zero-order chi connectivity index (χ0) is 13.8. The molecule has 1 amide bonds. The van der Waals surface area contributed by atoms with Gasteiger partial charge in [-0.25, -0.2) is 0 Å². The third kappa shape index (κ3) is 3.26. The van der Waals surface area contributed by atoms with Gasteiger partial charge in [0.05, 0.1) is 10.6 Å². The van der Waals surface area contributed by atoms with Gasteiger partial charge in [-0.05, 0) is 36.2 Å². The highest BCUT2D eigenvalue weighted by molar-refractivity contribution is 6.33. The van der Waals surface area contributed by atoms with Crippen LogP contribution in [0.1, 0.15) is 21.5 Å². The van der Waals surface area contributed by atoms with E-state index in [0.29, 0.717) is 22.8 Å². The Kier molecular flexibility index (Phi) is 4.07. The smallest absolute Gasteiger partial charge is 0.253 e. The summed E-state index contributed by atoms with van der Waals surface area (Å²) in [5, 5.41) is 3.27. The number of nitrogens with two attached hydrogens (primary N) is 1. The molecule has 0 aliphatic carbocycles. The third-order valence-electron chi connectivity index (χ3n) is 2.86. The van der Waals surface area contributed by atoms with Gasteiger partial charge in [0, 0.05) is 12.2 Å². The van der Waals surface area contributed by atoms with Crippen molar-refractivity contribution in [2.24, 2.45) is 0 Å². The van der Waals surface area contributed by atoms with Crippen molar-refractivity contribution < 1.29 is 4.79 Å². The summed E-state index contributed by atoms with van der Waals surface area (Å²) in [7, 11) is 0. The number of nitrogen functional groups attached to an aromatic ring is 1. The Hall–Kier alpha value is -2.00. The molecule has 0 aliphatic heterocycles. The first-order valence-electron chi connectivity index (χ1n) is 5.95. The SMILES string of the molecule is Cc1ccc(C(=O)NCc2ccccc2N)c(Cl)c1. The summed E-state index contributed by atoms with van der Waals surface area (Å²) in [6.07, 6.45) is 0. The maximum absolute atomic E-state index is 12.0. The Labute approximate surface area is 117 Å². The second-order valence-electron chi connectivity index (χ2n) is 4.36. The second-order valence-corrected chi connectivity index (χ2v) is 4.77. The molecule has 0 saturated carbocycles. The molecule has 4 heteroatoms. The number of aryl methyl sites for hydroxylation is 1. The van der Waals surface area contributed by atoms with E-state index < -0.39 is 0 Å². The molecule has 0 fully saturated rings. The Balaban J connectivity index is 2.08. The first-order valence-corrected chi connectivity index (χ1v) is 6.33. The summed E-state index contributed by atoms with van der Waals surface area (Å²) < 4.78 is 0. The molecule has 0 spiro atoms. The fraction of sp³-hybridized carbons (Fsp3) is 0.133. The lowest BCUT2D eigenvalue weighted by molar-refractivity contribution is 0.0951. The number of anilines is 1. The van der Waals surface area contributed by atoms with E-state index in [2.05, 4.69) is 5.32 Å². The van der Waals surface area contributed by atoms with Crippen LogP contribution in [0.25, 0.3) is 0 Å². The fourth-order valence-electron chi connectivity index (χ4n) is 1.77. The van der Waals surface area contributed by atoms with E-state index in [0.717, 1.165) is 11.1 Å². The van der Waals surface area contributed by atoms with Crippen molar-refractivity contribution in [2.75, 3.05) is 5.73 Å². The monoisotopic (exact) mass is 274 g/mol. The Morgan fingerprint density at radius 2 is 2.00 bits per heavy atom. The lowest BCUT2D eigenvalue weighted by Crippen LogP contribution is -2.23. The number of amides is 1. The van der Waals surface area contributed by atoms with Gasteiger partial charge in [0.2, 0.25) is 0 Å². The number of carbonyl (C=O) groups is 1. The molecule has 3 N–H and O–H groups in total. The van der Waals surface area contributed by atoms with E-state index in [1.807, 2.05) is 31.2 Å². The Morgan fingerprint density at radius 3 is 2.68 bits per heavy atom. The van der Waals surface area contributed by atoms with Crippen LogP contribution in [-0.4, -0.2) is 5.91 Å². The zero-order valence-electron chi connectivity index (χ0n) is 10.6. The van der Waals surface area contributed by atoms with Crippen LogP contribution in [0.2, 0.25) is 5.02 Å². The van der Waals surface area contributed by atoms with Crippen molar-refractivity contribution in [3.8, 4) is 0 Å². The van der Waals surface area contributed by atoms with Crippen LogP contribution in [0.15, 0.2) is 42.5 Å². The number of hydrogen-bond donors (Lipinski definition) is 2. The van der Waals surface area contributed by atoms with Crippen LogP contribution >= 0.6 is 11.6 Å². The number of nitrogens with one attached hydrogen (secondary N) is 1. The average molecular weight is 275 g/mol. The normalized spacial score (nSPS) is 10.2. The highest BCUT2D eigenvalue weighted by atomic mass is 35.5. The van der Waals surface area contributed by atoms with Crippen LogP contribution in [0, 0.1) is 6.92 Å². The van der Waals surface area contributed by atoms with Gasteiger partial charge in [0.25, 0.3) is 5.91 Å². The van der Waals surface area contributed by atoms with Crippen molar-refractivity contribution in [1.29, 1.82) is 0 Å². The van der Waals surface area contributed by atoms with E-state index in [4.69, 9.17) is 17.3 Å². The topological polar surface area (TPSA) is 55.1 Å². The van der Waals surface area contributed by atoms with E-state index in [9.17, 15) is 4.79 Å². The van der Waals surface area contributed by atoms with Gasteiger partial charge in [0.1, 0.15) is 0 Å². The molecule has 0 unspecified atom stereocenters. The highest BCUT2D eigenvalue weighted by Gasteiger charge is 2.10. The standard InChI is InChI=1S/C15H15ClN2O/c1-10-6-7-12(13(16)8-10)15(19)18-9-11-4-2-3-5-14(11)17/h2-8H,9,17H2,1H3,(H,18,19). The van der Waals surface area contributed by atoms with Crippen LogP contribution in [-0.2, 0) is 6.54 Å². The molecule has 3 nitrogen and oxygen atoms in total. The van der Waals surface area contributed by atoms with E-state index in [1.165, 1.54) is 0 Å². The summed E-state index contributed by atoms with van der Waals surface area (Å²) in [4.78, 5) is 12.0. The molecule has 98 valence electrons. The quantitative estimate of drug-likeness (QED) is 0.845. The van der Waals surface area contributed by atoms with E-state index >= 15 is 0 Å². The molecule has 0 bridgehead atoms. The number of hydrogen-bond acceptors (Lipinski definition) is 2. The van der Waals surface area contributed by atoms with Gasteiger partial charge in [-0.2, -0.15) is 0 Å². The molecule has 19 heavy (non-hydrogen) atoms. The van der Waals surface area contributed by atoms with Crippen molar-refractivity contribution in [1.82, 2.24) is 5.32 Å². The van der Waals surface area contributed by atoms with Gasteiger partial charge in [0.15, 0.2) is 0 Å².